The van der Waals surface area contributed by atoms with Crippen molar-refractivity contribution >= 4 is 11.4 Å². The van der Waals surface area contributed by atoms with Gasteiger partial charge in [0.25, 0.3) is 5.69 Å². The molecule has 1 atom stereocenters. The number of anilines is 1. The van der Waals surface area contributed by atoms with Crippen LogP contribution in [0.15, 0.2) is 18.2 Å². The maximum atomic E-state index is 10.8. The number of nitro benzene ring substituents is 1. The summed E-state index contributed by atoms with van der Waals surface area (Å²) in [4.78, 5) is 10.2. The van der Waals surface area contributed by atoms with E-state index in [0.717, 1.165) is 6.42 Å². The van der Waals surface area contributed by atoms with Crippen molar-refractivity contribution in [2.45, 2.75) is 32.7 Å². The zero-order chi connectivity index (χ0) is 15.3. The van der Waals surface area contributed by atoms with Crippen LogP contribution in [-0.4, -0.2) is 17.0 Å². The van der Waals surface area contributed by atoms with Crippen molar-refractivity contribution in [1.82, 2.24) is 0 Å². The van der Waals surface area contributed by atoms with Crippen LogP contribution in [-0.2, 0) is 0 Å². The summed E-state index contributed by atoms with van der Waals surface area (Å²) in [6.07, 6.45) is 0.863. The van der Waals surface area contributed by atoms with E-state index < -0.39 is 4.92 Å². The van der Waals surface area contributed by atoms with Crippen molar-refractivity contribution in [1.29, 1.82) is 5.26 Å². The molecule has 1 aromatic carbocycles. The van der Waals surface area contributed by atoms with Crippen LogP contribution in [0.1, 0.15) is 32.8 Å². The fourth-order valence-electron chi connectivity index (χ4n) is 2.30. The average Bonchev–Trinajstić information content (AvgIpc) is 2.37. The van der Waals surface area contributed by atoms with Crippen LogP contribution in [0.3, 0.4) is 0 Å². The Kier molecular flexibility index (Phi) is 5.06. The van der Waals surface area contributed by atoms with E-state index in [1.54, 1.807) is 6.07 Å². The Hall–Kier alpha value is -2.13. The molecule has 1 aromatic rings. The Labute approximate surface area is 118 Å². The largest absolute Gasteiger partial charge is 0.379 e. The molecule has 0 bridgehead atoms. The van der Waals surface area contributed by atoms with Gasteiger partial charge in [-0.1, -0.05) is 13.8 Å². The first-order valence-corrected chi connectivity index (χ1v) is 6.48. The molecule has 0 saturated carbocycles. The van der Waals surface area contributed by atoms with Crippen LogP contribution in [0.4, 0.5) is 11.4 Å². The second-order valence-corrected chi connectivity index (χ2v) is 5.59. The Morgan fingerprint density at radius 1 is 1.55 bits per heavy atom. The van der Waals surface area contributed by atoms with Gasteiger partial charge in [0.1, 0.15) is 11.6 Å². The molecule has 0 fully saturated rings. The molecular formula is C14H20N4O2. The molecule has 108 valence electrons. The molecule has 6 nitrogen and oxygen atoms in total. The Morgan fingerprint density at radius 3 is 2.65 bits per heavy atom. The molecule has 0 aliphatic heterocycles. The molecule has 0 aliphatic rings. The van der Waals surface area contributed by atoms with E-state index in [-0.39, 0.29) is 16.8 Å². The fraction of sp³-hybridized carbons (Fsp3) is 0.500. The first-order valence-electron chi connectivity index (χ1n) is 6.48. The smallest absolute Gasteiger partial charge is 0.287 e. The summed E-state index contributed by atoms with van der Waals surface area (Å²) >= 11 is 0. The molecule has 0 aliphatic carbocycles. The second kappa shape index (κ2) is 6.35. The molecule has 6 heteroatoms. The van der Waals surface area contributed by atoms with Gasteiger partial charge in [-0.3, -0.25) is 10.1 Å². The number of rotatable bonds is 6. The van der Waals surface area contributed by atoms with Gasteiger partial charge >= 0.3 is 0 Å². The molecular weight excluding hydrogens is 256 g/mol. The number of nitrogens with one attached hydrogen (secondary N) is 1. The highest BCUT2D eigenvalue weighted by atomic mass is 16.6. The van der Waals surface area contributed by atoms with Crippen molar-refractivity contribution in [3.8, 4) is 6.07 Å². The predicted molar refractivity (Wildman–Crippen MR) is 78.3 cm³/mol. The van der Waals surface area contributed by atoms with E-state index >= 15 is 0 Å². The number of nitro groups is 1. The van der Waals surface area contributed by atoms with Crippen LogP contribution in [0.25, 0.3) is 0 Å². The third-order valence-electron chi connectivity index (χ3n) is 3.07. The highest BCUT2D eigenvalue weighted by molar-refractivity contribution is 5.59. The summed E-state index contributed by atoms with van der Waals surface area (Å²) in [5.41, 5.74) is 6.04. The summed E-state index contributed by atoms with van der Waals surface area (Å²) in [6, 6.07) is 6.29. The Bertz CT molecular complexity index is 536. The van der Waals surface area contributed by atoms with Gasteiger partial charge in [0.05, 0.1) is 4.92 Å². The minimum atomic E-state index is -0.557. The second-order valence-electron chi connectivity index (χ2n) is 5.59. The Morgan fingerprint density at radius 2 is 2.20 bits per heavy atom. The van der Waals surface area contributed by atoms with Crippen molar-refractivity contribution in [3.05, 3.63) is 33.9 Å². The van der Waals surface area contributed by atoms with Gasteiger partial charge in [-0.25, -0.2) is 0 Å². The summed E-state index contributed by atoms with van der Waals surface area (Å²) in [5, 5.41) is 23.1. The lowest BCUT2D eigenvalue weighted by atomic mass is 9.90. The van der Waals surface area contributed by atoms with Crippen molar-refractivity contribution in [2.24, 2.45) is 11.7 Å². The Balaban J connectivity index is 3.04. The SMILES string of the molecule is CC(C)CC(C)(CN)Nc1ccc([N+](=O)[O-])c(C#N)c1. The first-order chi connectivity index (χ1) is 9.31. The minimum Gasteiger partial charge on any atom is -0.379 e. The average molecular weight is 276 g/mol. The standard InChI is InChI=1S/C14H20N4O2/c1-10(2)7-14(3,9-16)17-12-4-5-13(18(19)20)11(6-12)8-15/h4-6,10,17H,7,9,16H2,1-3H3. The van der Waals surface area contributed by atoms with Gasteiger partial charge in [0.2, 0.25) is 0 Å². The van der Waals surface area contributed by atoms with Crippen molar-refractivity contribution in [2.75, 3.05) is 11.9 Å². The number of benzene rings is 1. The van der Waals surface area contributed by atoms with Gasteiger partial charge in [0.15, 0.2) is 0 Å². The summed E-state index contributed by atoms with van der Waals surface area (Å²) in [6.45, 7) is 6.64. The van der Waals surface area contributed by atoms with Gasteiger partial charge in [0, 0.05) is 23.8 Å². The van der Waals surface area contributed by atoms with Crippen LogP contribution in [0.5, 0.6) is 0 Å². The third-order valence-corrected chi connectivity index (χ3v) is 3.07. The number of nitrogens with two attached hydrogens (primary N) is 1. The van der Waals surface area contributed by atoms with Crippen LogP contribution in [0, 0.1) is 27.4 Å². The van der Waals surface area contributed by atoms with E-state index in [1.807, 2.05) is 13.0 Å². The lowest BCUT2D eigenvalue weighted by molar-refractivity contribution is -0.385. The highest BCUT2D eigenvalue weighted by Gasteiger charge is 2.24. The number of nitriles is 1. The van der Waals surface area contributed by atoms with Crippen molar-refractivity contribution < 1.29 is 4.92 Å². The first kappa shape index (κ1) is 15.9. The molecule has 0 amide bonds. The molecule has 0 spiro atoms. The third kappa shape index (κ3) is 3.93. The molecule has 3 N–H and O–H groups in total. The maximum absolute atomic E-state index is 10.8. The zero-order valence-corrected chi connectivity index (χ0v) is 12.0. The highest BCUT2D eigenvalue weighted by Crippen LogP contribution is 2.26. The normalized spacial score (nSPS) is 13.6. The van der Waals surface area contributed by atoms with Gasteiger partial charge in [-0.15, -0.1) is 0 Å². The van der Waals surface area contributed by atoms with Gasteiger partial charge in [-0.05, 0) is 31.4 Å². The van der Waals surface area contributed by atoms with Crippen LogP contribution in [0.2, 0.25) is 0 Å². The molecule has 1 rings (SSSR count). The molecule has 20 heavy (non-hydrogen) atoms. The monoisotopic (exact) mass is 276 g/mol. The molecule has 1 unspecified atom stereocenters. The summed E-state index contributed by atoms with van der Waals surface area (Å²) in [7, 11) is 0. The maximum Gasteiger partial charge on any atom is 0.287 e. The quantitative estimate of drug-likeness (QED) is 0.613. The lowest BCUT2D eigenvalue weighted by Crippen LogP contribution is -2.43. The minimum absolute atomic E-state index is 0.0453. The predicted octanol–water partition coefficient (Wildman–Crippen LogP) is 2.64. The molecule has 0 saturated heterocycles. The van der Waals surface area contributed by atoms with Crippen LogP contribution >= 0.6 is 0 Å². The van der Waals surface area contributed by atoms with E-state index in [1.165, 1.54) is 12.1 Å². The van der Waals surface area contributed by atoms with E-state index in [2.05, 4.69) is 19.2 Å². The number of hydrogen-bond donors (Lipinski definition) is 2. The topological polar surface area (TPSA) is 105 Å². The zero-order valence-electron chi connectivity index (χ0n) is 12.0. The number of nitrogens with zero attached hydrogens (tertiary/aromatic N) is 2. The van der Waals surface area contributed by atoms with E-state index in [4.69, 9.17) is 11.0 Å². The lowest BCUT2D eigenvalue weighted by Gasteiger charge is -2.32. The van der Waals surface area contributed by atoms with Gasteiger partial charge in [-0.2, -0.15) is 5.26 Å². The molecule has 0 aromatic heterocycles. The van der Waals surface area contributed by atoms with Crippen LogP contribution < -0.4 is 11.1 Å². The summed E-state index contributed by atoms with van der Waals surface area (Å²) in [5.74, 6) is 0.463. The summed E-state index contributed by atoms with van der Waals surface area (Å²) < 4.78 is 0. The van der Waals surface area contributed by atoms with Gasteiger partial charge < -0.3 is 11.1 Å². The number of hydrogen-bond acceptors (Lipinski definition) is 5. The molecule has 0 heterocycles. The van der Waals surface area contributed by atoms with E-state index in [9.17, 15) is 10.1 Å². The fourth-order valence-corrected chi connectivity index (χ4v) is 2.30. The van der Waals surface area contributed by atoms with Crippen molar-refractivity contribution in [3.63, 3.8) is 0 Å². The molecule has 0 radical (unpaired) electrons. The van der Waals surface area contributed by atoms with E-state index in [0.29, 0.717) is 18.2 Å².